The smallest absolute Gasteiger partial charge is 0.102 e. The molecule has 116 valence electrons. The third-order valence-corrected chi connectivity index (χ3v) is 4.80. The first-order valence-electron chi connectivity index (χ1n) is 7.53. The van der Waals surface area contributed by atoms with E-state index in [4.69, 9.17) is 0 Å². The van der Waals surface area contributed by atoms with Gasteiger partial charge in [-0.2, -0.15) is 10.2 Å². The summed E-state index contributed by atoms with van der Waals surface area (Å²) in [6, 6.07) is 6.49. The van der Waals surface area contributed by atoms with Gasteiger partial charge in [0.2, 0.25) is 0 Å². The average molecular weight is 315 g/mol. The van der Waals surface area contributed by atoms with Crippen molar-refractivity contribution in [1.82, 2.24) is 25.3 Å². The fourth-order valence-electron chi connectivity index (χ4n) is 2.58. The van der Waals surface area contributed by atoms with Crippen LogP contribution in [0.4, 0.5) is 0 Å². The number of H-pyrrole nitrogens is 1. The Labute approximate surface area is 134 Å². The summed E-state index contributed by atoms with van der Waals surface area (Å²) in [4.78, 5) is 1.19. The van der Waals surface area contributed by atoms with Crippen LogP contribution in [0.5, 0.6) is 0 Å². The molecule has 0 aromatic carbocycles. The van der Waals surface area contributed by atoms with Gasteiger partial charge in [-0.15, -0.1) is 11.3 Å². The van der Waals surface area contributed by atoms with Crippen molar-refractivity contribution in [3.63, 3.8) is 0 Å². The molecule has 1 unspecified atom stereocenters. The van der Waals surface area contributed by atoms with Crippen molar-refractivity contribution in [1.29, 1.82) is 0 Å². The van der Waals surface area contributed by atoms with E-state index in [9.17, 15) is 0 Å². The van der Waals surface area contributed by atoms with Crippen molar-refractivity contribution in [2.45, 2.75) is 39.9 Å². The van der Waals surface area contributed by atoms with E-state index in [0.29, 0.717) is 0 Å². The van der Waals surface area contributed by atoms with Gasteiger partial charge in [0, 0.05) is 36.1 Å². The van der Waals surface area contributed by atoms with E-state index in [1.54, 1.807) is 11.3 Å². The number of aryl methyl sites for hydroxylation is 1. The number of hydrogen-bond donors (Lipinski definition) is 2. The topological polar surface area (TPSA) is 58.5 Å². The average Bonchev–Trinajstić information content (AvgIpc) is 3.25. The Kier molecular flexibility index (Phi) is 4.40. The summed E-state index contributed by atoms with van der Waals surface area (Å²) in [6.45, 7) is 8.06. The Morgan fingerprint density at radius 2 is 2.32 bits per heavy atom. The summed E-state index contributed by atoms with van der Waals surface area (Å²) >= 11 is 1.70. The van der Waals surface area contributed by atoms with Crippen LogP contribution in [0.3, 0.4) is 0 Å². The molecule has 3 heterocycles. The highest BCUT2D eigenvalue weighted by molar-refractivity contribution is 7.13. The van der Waals surface area contributed by atoms with E-state index in [-0.39, 0.29) is 6.04 Å². The van der Waals surface area contributed by atoms with Crippen molar-refractivity contribution in [2.75, 3.05) is 0 Å². The minimum absolute atomic E-state index is 0.258. The van der Waals surface area contributed by atoms with Crippen molar-refractivity contribution < 1.29 is 0 Å². The maximum Gasteiger partial charge on any atom is 0.102 e. The Morgan fingerprint density at radius 3 is 3.00 bits per heavy atom. The highest BCUT2D eigenvalue weighted by atomic mass is 32.1. The van der Waals surface area contributed by atoms with Crippen LogP contribution < -0.4 is 5.32 Å². The Morgan fingerprint density at radius 1 is 1.45 bits per heavy atom. The lowest BCUT2D eigenvalue weighted by Gasteiger charge is -2.13. The molecule has 0 bridgehead atoms. The predicted molar refractivity (Wildman–Crippen MR) is 89.8 cm³/mol. The summed E-state index contributed by atoms with van der Waals surface area (Å²) < 4.78 is 2.03. The van der Waals surface area contributed by atoms with Crippen molar-refractivity contribution >= 4 is 11.3 Å². The van der Waals surface area contributed by atoms with Gasteiger partial charge in [-0.05, 0) is 38.3 Å². The minimum atomic E-state index is 0.258. The second-order valence-electron chi connectivity index (χ2n) is 5.36. The standard InChI is InChI=1S/C16H21N5S/c1-4-21-12(3)14(10-18-21)11(2)17-9-13-8-15(20-19-13)16-6-5-7-22-16/h5-8,10-11,17H,4,9H2,1-3H3,(H,19,20). The van der Waals surface area contributed by atoms with Gasteiger partial charge in [-0.3, -0.25) is 9.78 Å². The second-order valence-corrected chi connectivity index (χ2v) is 6.31. The quantitative estimate of drug-likeness (QED) is 0.732. The molecule has 0 spiro atoms. The number of aromatic amines is 1. The molecule has 6 heteroatoms. The number of rotatable bonds is 6. The molecular weight excluding hydrogens is 294 g/mol. The molecule has 0 aliphatic heterocycles. The summed E-state index contributed by atoms with van der Waals surface area (Å²) in [5.41, 5.74) is 4.58. The fourth-order valence-corrected chi connectivity index (χ4v) is 3.27. The number of aromatic nitrogens is 4. The van der Waals surface area contributed by atoms with Gasteiger partial charge in [0.15, 0.2) is 0 Å². The number of thiophene rings is 1. The van der Waals surface area contributed by atoms with Crippen LogP contribution in [0.2, 0.25) is 0 Å². The third kappa shape index (κ3) is 2.98. The van der Waals surface area contributed by atoms with Crippen molar-refractivity contribution in [3.05, 3.63) is 46.7 Å². The fraction of sp³-hybridized carbons (Fsp3) is 0.375. The van der Waals surface area contributed by atoms with Crippen LogP contribution in [0, 0.1) is 6.92 Å². The van der Waals surface area contributed by atoms with E-state index in [0.717, 1.165) is 24.5 Å². The molecule has 0 fully saturated rings. The predicted octanol–water partition coefficient (Wildman–Crippen LogP) is 3.51. The maximum atomic E-state index is 4.41. The Bertz CT molecular complexity index is 726. The molecule has 0 aliphatic carbocycles. The summed E-state index contributed by atoms with van der Waals surface area (Å²) in [6.07, 6.45) is 1.96. The normalized spacial score (nSPS) is 12.7. The Hall–Kier alpha value is -1.92. The molecule has 0 saturated heterocycles. The van der Waals surface area contributed by atoms with Gasteiger partial charge in [0.25, 0.3) is 0 Å². The molecule has 22 heavy (non-hydrogen) atoms. The lowest BCUT2D eigenvalue weighted by atomic mass is 10.1. The van der Waals surface area contributed by atoms with E-state index in [1.165, 1.54) is 16.1 Å². The van der Waals surface area contributed by atoms with Gasteiger partial charge < -0.3 is 5.32 Å². The van der Waals surface area contributed by atoms with Crippen LogP contribution >= 0.6 is 11.3 Å². The molecule has 1 atom stereocenters. The number of nitrogens with one attached hydrogen (secondary N) is 2. The number of nitrogens with zero attached hydrogens (tertiary/aromatic N) is 3. The molecule has 0 saturated carbocycles. The van der Waals surface area contributed by atoms with Gasteiger partial charge in [-0.25, -0.2) is 0 Å². The van der Waals surface area contributed by atoms with Crippen LogP contribution in [0.25, 0.3) is 10.6 Å². The molecular formula is C16H21N5S. The first-order chi connectivity index (χ1) is 10.7. The Balaban J connectivity index is 1.63. The zero-order valence-electron chi connectivity index (χ0n) is 13.1. The molecule has 3 aromatic heterocycles. The molecule has 3 rings (SSSR count). The van der Waals surface area contributed by atoms with Gasteiger partial charge in [0.1, 0.15) is 5.69 Å². The monoisotopic (exact) mass is 315 g/mol. The van der Waals surface area contributed by atoms with E-state index in [1.807, 2.05) is 16.9 Å². The van der Waals surface area contributed by atoms with Gasteiger partial charge >= 0.3 is 0 Å². The second kappa shape index (κ2) is 6.46. The van der Waals surface area contributed by atoms with Crippen molar-refractivity contribution in [3.8, 4) is 10.6 Å². The molecule has 3 aromatic rings. The summed E-state index contributed by atoms with van der Waals surface area (Å²) in [5.74, 6) is 0. The summed E-state index contributed by atoms with van der Waals surface area (Å²) in [5, 5.41) is 17.5. The maximum absolute atomic E-state index is 4.41. The molecule has 0 aliphatic rings. The van der Waals surface area contributed by atoms with Crippen molar-refractivity contribution in [2.24, 2.45) is 0 Å². The zero-order valence-corrected chi connectivity index (χ0v) is 13.9. The summed E-state index contributed by atoms with van der Waals surface area (Å²) in [7, 11) is 0. The molecule has 0 radical (unpaired) electrons. The lowest BCUT2D eigenvalue weighted by molar-refractivity contribution is 0.560. The first kappa shape index (κ1) is 15.0. The van der Waals surface area contributed by atoms with Crippen LogP contribution in [-0.4, -0.2) is 20.0 Å². The zero-order chi connectivity index (χ0) is 15.5. The van der Waals surface area contributed by atoms with E-state index >= 15 is 0 Å². The van der Waals surface area contributed by atoms with E-state index in [2.05, 4.69) is 58.9 Å². The number of hydrogen-bond acceptors (Lipinski definition) is 4. The largest absolute Gasteiger partial charge is 0.304 e. The van der Waals surface area contributed by atoms with Gasteiger partial charge in [0.05, 0.1) is 11.1 Å². The van der Waals surface area contributed by atoms with Crippen LogP contribution in [-0.2, 0) is 13.1 Å². The highest BCUT2D eigenvalue weighted by Gasteiger charge is 2.13. The molecule has 2 N–H and O–H groups in total. The molecule has 0 amide bonds. The minimum Gasteiger partial charge on any atom is -0.304 e. The van der Waals surface area contributed by atoms with E-state index < -0.39 is 0 Å². The third-order valence-electron chi connectivity index (χ3n) is 3.91. The van der Waals surface area contributed by atoms with Crippen LogP contribution in [0.15, 0.2) is 29.8 Å². The first-order valence-corrected chi connectivity index (χ1v) is 8.41. The van der Waals surface area contributed by atoms with Gasteiger partial charge in [-0.1, -0.05) is 6.07 Å². The highest BCUT2D eigenvalue weighted by Crippen LogP contribution is 2.23. The van der Waals surface area contributed by atoms with Crippen LogP contribution in [0.1, 0.15) is 36.8 Å². The lowest BCUT2D eigenvalue weighted by Crippen LogP contribution is -2.19. The SMILES string of the molecule is CCn1ncc(C(C)NCc2cc(-c3cccs3)n[nH]2)c1C. The molecule has 5 nitrogen and oxygen atoms in total.